The molecule has 2 aliphatic heterocycles. The summed E-state index contributed by atoms with van der Waals surface area (Å²) in [5.74, 6) is 0.0135. The lowest BCUT2D eigenvalue weighted by atomic mass is 9.89. The summed E-state index contributed by atoms with van der Waals surface area (Å²) in [6.45, 7) is 2.52. The van der Waals surface area contributed by atoms with Crippen molar-refractivity contribution in [3.63, 3.8) is 0 Å². The number of carbonyl (C=O) groups is 1. The average molecular weight is 443 g/mol. The number of hydrogen-bond donors (Lipinski definition) is 0. The van der Waals surface area contributed by atoms with Gasteiger partial charge in [0.05, 0.1) is 20.3 Å². The van der Waals surface area contributed by atoms with Crippen LogP contribution in [0, 0.1) is 0 Å². The summed E-state index contributed by atoms with van der Waals surface area (Å²) in [5.41, 5.74) is 0.709. The SMILES string of the molecule is COC[C@@H]1OC(C)([C@H]2[C@@H](Oc3ccccc3)C(=O)N2c2ccc(OC)cc2)O[C@H]1COC. The van der Waals surface area contributed by atoms with Crippen molar-refractivity contribution in [1.82, 2.24) is 0 Å². The number of para-hydroxylation sites is 1. The molecule has 0 radical (unpaired) electrons. The molecular formula is C24H29NO7. The summed E-state index contributed by atoms with van der Waals surface area (Å²) >= 11 is 0. The molecule has 1 amide bonds. The van der Waals surface area contributed by atoms with E-state index in [0.29, 0.717) is 30.4 Å². The Morgan fingerprint density at radius 1 is 0.875 bits per heavy atom. The topological polar surface area (TPSA) is 75.7 Å². The summed E-state index contributed by atoms with van der Waals surface area (Å²) in [7, 11) is 4.82. The zero-order valence-corrected chi connectivity index (χ0v) is 18.7. The first-order valence-corrected chi connectivity index (χ1v) is 10.5. The molecule has 172 valence electrons. The zero-order chi connectivity index (χ0) is 22.7. The van der Waals surface area contributed by atoms with Crippen molar-refractivity contribution >= 4 is 11.6 Å². The van der Waals surface area contributed by atoms with Crippen LogP contribution >= 0.6 is 0 Å². The molecule has 4 atom stereocenters. The van der Waals surface area contributed by atoms with Crippen LogP contribution in [-0.2, 0) is 23.7 Å². The summed E-state index contributed by atoms with van der Waals surface area (Å²) < 4.78 is 34.7. The van der Waals surface area contributed by atoms with Crippen molar-refractivity contribution in [2.24, 2.45) is 0 Å². The highest BCUT2D eigenvalue weighted by Gasteiger charge is 2.64. The maximum Gasteiger partial charge on any atom is 0.271 e. The Morgan fingerprint density at radius 2 is 1.47 bits per heavy atom. The lowest BCUT2D eigenvalue weighted by molar-refractivity contribution is -0.209. The number of rotatable bonds is 9. The van der Waals surface area contributed by atoms with E-state index in [1.54, 1.807) is 26.2 Å². The van der Waals surface area contributed by atoms with E-state index >= 15 is 0 Å². The highest BCUT2D eigenvalue weighted by atomic mass is 16.8. The number of nitrogens with zero attached hydrogens (tertiary/aromatic N) is 1. The van der Waals surface area contributed by atoms with Crippen molar-refractivity contribution in [3.8, 4) is 11.5 Å². The summed E-state index contributed by atoms with van der Waals surface area (Å²) in [4.78, 5) is 14.9. The average Bonchev–Trinajstić information content (AvgIpc) is 3.12. The number of benzene rings is 2. The van der Waals surface area contributed by atoms with Crippen LogP contribution in [0.25, 0.3) is 0 Å². The van der Waals surface area contributed by atoms with E-state index in [-0.39, 0.29) is 18.1 Å². The Bertz CT molecular complexity index is 890. The predicted octanol–water partition coefficient (Wildman–Crippen LogP) is 2.65. The number of ether oxygens (including phenoxy) is 6. The van der Waals surface area contributed by atoms with Gasteiger partial charge < -0.3 is 28.4 Å². The largest absolute Gasteiger partial charge is 0.497 e. The predicted molar refractivity (Wildman–Crippen MR) is 117 cm³/mol. The second-order valence-electron chi connectivity index (χ2n) is 7.94. The molecule has 2 aliphatic rings. The molecule has 2 saturated heterocycles. The molecular weight excluding hydrogens is 414 g/mol. The molecule has 0 spiro atoms. The van der Waals surface area contributed by atoms with Crippen molar-refractivity contribution in [3.05, 3.63) is 54.6 Å². The van der Waals surface area contributed by atoms with E-state index in [2.05, 4.69) is 0 Å². The quantitative estimate of drug-likeness (QED) is 0.552. The first-order chi connectivity index (χ1) is 15.5. The smallest absolute Gasteiger partial charge is 0.271 e. The minimum absolute atomic E-state index is 0.170. The van der Waals surface area contributed by atoms with Crippen LogP contribution in [0.4, 0.5) is 5.69 Å². The van der Waals surface area contributed by atoms with Crippen LogP contribution in [0.15, 0.2) is 54.6 Å². The van der Waals surface area contributed by atoms with E-state index in [1.165, 1.54) is 0 Å². The summed E-state index contributed by atoms with van der Waals surface area (Å²) in [6, 6.07) is 16.0. The third kappa shape index (κ3) is 4.19. The van der Waals surface area contributed by atoms with Gasteiger partial charge in [-0.2, -0.15) is 0 Å². The Morgan fingerprint density at radius 3 is 2.00 bits per heavy atom. The van der Waals surface area contributed by atoms with Crippen LogP contribution in [0.2, 0.25) is 0 Å². The molecule has 2 fully saturated rings. The van der Waals surface area contributed by atoms with Gasteiger partial charge in [0, 0.05) is 19.9 Å². The molecule has 2 aromatic carbocycles. The number of anilines is 1. The molecule has 0 aliphatic carbocycles. The molecule has 8 heteroatoms. The molecule has 0 N–H and O–H groups in total. The Balaban J connectivity index is 1.65. The van der Waals surface area contributed by atoms with Gasteiger partial charge in [-0.05, 0) is 43.3 Å². The first-order valence-electron chi connectivity index (χ1n) is 10.5. The fourth-order valence-electron chi connectivity index (χ4n) is 4.29. The van der Waals surface area contributed by atoms with E-state index < -0.39 is 17.9 Å². The molecule has 2 aromatic rings. The van der Waals surface area contributed by atoms with Crippen LogP contribution in [0.5, 0.6) is 11.5 Å². The normalized spacial score (nSPS) is 26.6. The van der Waals surface area contributed by atoms with Gasteiger partial charge in [-0.15, -0.1) is 0 Å². The third-order valence-electron chi connectivity index (χ3n) is 5.79. The number of methoxy groups -OCH3 is 3. The minimum atomic E-state index is -1.13. The van der Waals surface area contributed by atoms with Crippen LogP contribution in [0.1, 0.15) is 6.92 Å². The van der Waals surface area contributed by atoms with Gasteiger partial charge in [0.2, 0.25) is 6.10 Å². The van der Waals surface area contributed by atoms with Gasteiger partial charge in [-0.25, -0.2) is 0 Å². The van der Waals surface area contributed by atoms with Gasteiger partial charge in [-0.1, -0.05) is 18.2 Å². The second kappa shape index (κ2) is 9.46. The van der Waals surface area contributed by atoms with Gasteiger partial charge in [0.25, 0.3) is 5.91 Å². The minimum Gasteiger partial charge on any atom is -0.497 e. The zero-order valence-electron chi connectivity index (χ0n) is 18.7. The monoisotopic (exact) mass is 443 g/mol. The Labute approximate surface area is 187 Å². The van der Waals surface area contributed by atoms with Crippen LogP contribution in [-0.4, -0.2) is 70.6 Å². The molecule has 32 heavy (non-hydrogen) atoms. The molecule has 8 nitrogen and oxygen atoms in total. The number of hydrogen-bond acceptors (Lipinski definition) is 7. The summed E-state index contributed by atoms with van der Waals surface area (Å²) in [5, 5.41) is 0. The standard InChI is InChI=1S/C24H29NO7/c1-24(31-19(14-27-2)20(32-24)15-28-3)22-21(30-18-8-6-5-7-9-18)23(26)25(22)16-10-12-17(29-4)13-11-16/h5-13,19-22H,14-15H2,1-4H3/t19-,20-,21+,22+/m0/s1. The van der Waals surface area contributed by atoms with Gasteiger partial charge >= 0.3 is 0 Å². The summed E-state index contributed by atoms with van der Waals surface area (Å²) in [6.07, 6.45) is -1.44. The number of β-lactam (4-membered cyclic amide) rings is 1. The van der Waals surface area contributed by atoms with E-state index in [1.807, 2.05) is 61.5 Å². The van der Waals surface area contributed by atoms with Gasteiger partial charge in [-0.3, -0.25) is 9.69 Å². The van der Waals surface area contributed by atoms with Gasteiger partial charge in [0.1, 0.15) is 29.7 Å². The van der Waals surface area contributed by atoms with Gasteiger partial charge in [0.15, 0.2) is 5.79 Å². The Hall–Kier alpha value is -2.65. The molecule has 4 rings (SSSR count). The number of amides is 1. The maximum atomic E-state index is 13.3. The lowest BCUT2D eigenvalue weighted by Crippen LogP contribution is -2.75. The fourth-order valence-corrected chi connectivity index (χ4v) is 4.29. The van der Waals surface area contributed by atoms with E-state index in [4.69, 9.17) is 28.4 Å². The van der Waals surface area contributed by atoms with Crippen molar-refractivity contribution in [1.29, 1.82) is 0 Å². The fraction of sp³-hybridized carbons (Fsp3) is 0.458. The van der Waals surface area contributed by atoms with E-state index in [0.717, 1.165) is 0 Å². The molecule has 0 saturated carbocycles. The van der Waals surface area contributed by atoms with Crippen LogP contribution in [0.3, 0.4) is 0 Å². The van der Waals surface area contributed by atoms with Crippen molar-refractivity contribution in [2.45, 2.75) is 37.1 Å². The third-order valence-corrected chi connectivity index (χ3v) is 5.79. The first kappa shape index (κ1) is 22.5. The van der Waals surface area contributed by atoms with Crippen molar-refractivity contribution in [2.75, 3.05) is 39.4 Å². The maximum absolute atomic E-state index is 13.3. The highest BCUT2D eigenvalue weighted by Crippen LogP contribution is 2.43. The molecule has 0 aromatic heterocycles. The molecule has 0 bridgehead atoms. The van der Waals surface area contributed by atoms with Crippen LogP contribution < -0.4 is 14.4 Å². The molecule has 0 unspecified atom stereocenters. The number of carbonyl (C=O) groups excluding carboxylic acids is 1. The molecule has 2 heterocycles. The Kier molecular flexibility index (Phi) is 6.66. The highest BCUT2D eigenvalue weighted by molar-refractivity contribution is 6.05. The van der Waals surface area contributed by atoms with E-state index in [9.17, 15) is 4.79 Å². The van der Waals surface area contributed by atoms with Crippen molar-refractivity contribution < 1.29 is 33.2 Å². The second-order valence-corrected chi connectivity index (χ2v) is 7.94. The lowest BCUT2D eigenvalue weighted by Gasteiger charge is -2.51.